The molecule has 1 aromatic heterocycles. The standard InChI is InChI=1S/C14H21N3O2/c1-12-3-4-15-14(11-12)17-7-5-16(6-8-17)9-10-19-13(2)18/h3-4,11H,5-10H2,1-2H3. The van der Waals surface area contributed by atoms with Crippen molar-refractivity contribution in [3.63, 3.8) is 0 Å². The molecule has 5 nitrogen and oxygen atoms in total. The highest BCUT2D eigenvalue weighted by molar-refractivity contribution is 5.65. The van der Waals surface area contributed by atoms with Gasteiger partial charge in [-0.05, 0) is 24.6 Å². The van der Waals surface area contributed by atoms with E-state index >= 15 is 0 Å². The third kappa shape index (κ3) is 4.21. The van der Waals surface area contributed by atoms with Gasteiger partial charge in [0.05, 0.1) is 0 Å². The second-order valence-corrected chi connectivity index (χ2v) is 4.86. The molecule has 0 bridgehead atoms. The van der Waals surface area contributed by atoms with Crippen LogP contribution in [0, 0.1) is 6.92 Å². The van der Waals surface area contributed by atoms with Crippen LogP contribution in [-0.4, -0.2) is 55.2 Å². The number of ether oxygens (including phenoxy) is 1. The molecular formula is C14H21N3O2. The second-order valence-electron chi connectivity index (χ2n) is 4.86. The Bertz CT molecular complexity index is 428. The first-order valence-electron chi connectivity index (χ1n) is 6.68. The Morgan fingerprint density at radius 3 is 2.74 bits per heavy atom. The number of carbonyl (C=O) groups excluding carboxylic acids is 1. The van der Waals surface area contributed by atoms with Crippen molar-refractivity contribution in [3.05, 3.63) is 23.9 Å². The van der Waals surface area contributed by atoms with E-state index in [9.17, 15) is 4.79 Å². The van der Waals surface area contributed by atoms with Gasteiger partial charge >= 0.3 is 5.97 Å². The molecule has 0 aliphatic carbocycles. The maximum absolute atomic E-state index is 10.7. The first-order chi connectivity index (χ1) is 9.15. The molecule has 0 saturated carbocycles. The minimum absolute atomic E-state index is 0.206. The number of pyridine rings is 1. The van der Waals surface area contributed by atoms with Crippen LogP contribution in [0.2, 0.25) is 0 Å². The quantitative estimate of drug-likeness (QED) is 0.761. The molecule has 2 heterocycles. The van der Waals surface area contributed by atoms with Crippen molar-refractivity contribution in [2.45, 2.75) is 13.8 Å². The first kappa shape index (κ1) is 13.8. The first-order valence-corrected chi connectivity index (χ1v) is 6.68. The van der Waals surface area contributed by atoms with E-state index in [1.54, 1.807) is 0 Å². The van der Waals surface area contributed by atoms with Gasteiger partial charge in [-0.15, -0.1) is 0 Å². The Morgan fingerprint density at radius 2 is 2.11 bits per heavy atom. The number of piperazine rings is 1. The fourth-order valence-electron chi connectivity index (χ4n) is 2.21. The van der Waals surface area contributed by atoms with Crippen LogP contribution in [-0.2, 0) is 9.53 Å². The van der Waals surface area contributed by atoms with Crippen LogP contribution >= 0.6 is 0 Å². The molecule has 1 saturated heterocycles. The van der Waals surface area contributed by atoms with E-state index < -0.39 is 0 Å². The average molecular weight is 263 g/mol. The molecule has 0 aromatic carbocycles. The Balaban J connectivity index is 1.77. The molecule has 19 heavy (non-hydrogen) atoms. The van der Waals surface area contributed by atoms with Crippen LogP contribution in [0.5, 0.6) is 0 Å². The van der Waals surface area contributed by atoms with Crippen LogP contribution in [0.25, 0.3) is 0 Å². The minimum Gasteiger partial charge on any atom is -0.465 e. The Morgan fingerprint density at radius 1 is 1.37 bits per heavy atom. The second kappa shape index (κ2) is 6.52. The highest BCUT2D eigenvalue weighted by Gasteiger charge is 2.17. The highest BCUT2D eigenvalue weighted by Crippen LogP contribution is 2.14. The monoisotopic (exact) mass is 263 g/mol. The summed E-state index contributed by atoms with van der Waals surface area (Å²) in [5, 5.41) is 0. The van der Waals surface area contributed by atoms with Crippen LogP contribution in [0.15, 0.2) is 18.3 Å². The molecule has 5 heteroatoms. The summed E-state index contributed by atoms with van der Waals surface area (Å²) in [4.78, 5) is 19.7. The molecule has 0 amide bonds. The topological polar surface area (TPSA) is 45.7 Å². The fraction of sp³-hybridized carbons (Fsp3) is 0.571. The predicted molar refractivity (Wildman–Crippen MR) is 74.3 cm³/mol. The summed E-state index contributed by atoms with van der Waals surface area (Å²) in [6, 6.07) is 4.13. The fourth-order valence-corrected chi connectivity index (χ4v) is 2.21. The zero-order chi connectivity index (χ0) is 13.7. The van der Waals surface area contributed by atoms with E-state index in [-0.39, 0.29) is 5.97 Å². The number of esters is 1. The van der Waals surface area contributed by atoms with Crippen molar-refractivity contribution in [2.75, 3.05) is 44.2 Å². The number of carbonyl (C=O) groups is 1. The van der Waals surface area contributed by atoms with Gasteiger partial charge in [-0.1, -0.05) is 0 Å². The third-order valence-electron chi connectivity index (χ3n) is 3.31. The molecule has 2 rings (SSSR count). The SMILES string of the molecule is CC(=O)OCCN1CCN(c2cc(C)ccn2)CC1. The van der Waals surface area contributed by atoms with Gasteiger partial charge in [0, 0.05) is 45.8 Å². The van der Waals surface area contributed by atoms with Gasteiger partial charge in [0.1, 0.15) is 12.4 Å². The molecule has 104 valence electrons. The molecule has 0 N–H and O–H groups in total. The molecule has 0 spiro atoms. The Labute approximate surface area is 114 Å². The summed E-state index contributed by atoms with van der Waals surface area (Å²) in [6.07, 6.45) is 1.86. The molecule has 1 aliphatic rings. The van der Waals surface area contributed by atoms with Gasteiger partial charge in [-0.25, -0.2) is 4.98 Å². The van der Waals surface area contributed by atoms with E-state index in [1.807, 2.05) is 12.3 Å². The summed E-state index contributed by atoms with van der Waals surface area (Å²) in [5.74, 6) is 0.849. The maximum Gasteiger partial charge on any atom is 0.302 e. The van der Waals surface area contributed by atoms with Crippen molar-refractivity contribution in [2.24, 2.45) is 0 Å². The van der Waals surface area contributed by atoms with Gasteiger partial charge in [-0.2, -0.15) is 0 Å². The average Bonchev–Trinajstić information content (AvgIpc) is 2.39. The predicted octanol–water partition coefficient (Wildman–Crippen LogP) is 1.08. The molecule has 0 atom stereocenters. The van der Waals surface area contributed by atoms with Crippen LogP contribution in [0.4, 0.5) is 5.82 Å². The van der Waals surface area contributed by atoms with E-state index in [4.69, 9.17) is 4.74 Å². The summed E-state index contributed by atoms with van der Waals surface area (Å²) >= 11 is 0. The summed E-state index contributed by atoms with van der Waals surface area (Å²) < 4.78 is 4.97. The smallest absolute Gasteiger partial charge is 0.302 e. The lowest BCUT2D eigenvalue weighted by molar-refractivity contribution is -0.141. The lowest BCUT2D eigenvalue weighted by Gasteiger charge is -2.35. The molecule has 0 radical (unpaired) electrons. The van der Waals surface area contributed by atoms with E-state index in [2.05, 4.69) is 27.8 Å². The molecule has 1 aliphatic heterocycles. The van der Waals surface area contributed by atoms with E-state index in [1.165, 1.54) is 12.5 Å². The zero-order valence-corrected chi connectivity index (χ0v) is 11.6. The van der Waals surface area contributed by atoms with Crippen molar-refractivity contribution >= 4 is 11.8 Å². The maximum atomic E-state index is 10.7. The summed E-state index contributed by atoms with van der Waals surface area (Å²) in [6.45, 7) is 8.73. The molecule has 1 aromatic rings. The number of aromatic nitrogens is 1. The minimum atomic E-state index is -0.206. The van der Waals surface area contributed by atoms with E-state index in [0.29, 0.717) is 6.61 Å². The van der Waals surface area contributed by atoms with Gasteiger partial charge < -0.3 is 9.64 Å². The van der Waals surface area contributed by atoms with E-state index in [0.717, 1.165) is 38.5 Å². The number of aryl methyl sites for hydroxylation is 1. The van der Waals surface area contributed by atoms with Gasteiger partial charge in [0.2, 0.25) is 0 Å². The van der Waals surface area contributed by atoms with Gasteiger partial charge in [0.25, 0.3) is 0 Å². The number of nitrogens with zero attached hydrogens (tertiary/aromatic N) is 3. The lowest BCUT2D eigenvalue weighted by Crippen LogP contribution is -2.47. The normalized spacial score (nSPS) is 16.4. The Kier molecular flexibility index (Phi) is 4.74. The largest absolute Gasteiger partial charge is 0.465 e. The van der Waals surface area contributed by atoms with Gasteiger partial charge in [0.15, 0.2) is 0 Å². The van der Waals surface area contributed by atoms with Crippen molar-refractivity contribution in [1.29, 1.82) is 0 Å². The molecule has 1 fully saturated rings. The molecular weight excluding hydrogens is 242 g/mol. The lowest BCUT2D eigenvalue weighted by atomic mass is 10.2. The van der Waals surface area contributed by atoms with Crippen LogP contribution in [0.3, 0.4) is 0 Å². The van der Waals surface area contributed by atoms with Gasteiger partial charge in [-0.3, -0.25) is 9.69 Å². The van der Waals surface area contributed by atoms with Crippen LogP contribution in [0.1, 0.15) is 12.5 Å². The zero-order valence-electron chi connectivity index (χ0n) is 11.6. The Hall–Kier alpha value is -1.62. The number of anilines is 1. The highest BCUT2D eigenvalue weighted by atomic mass is 16.5. The van der Waals surface area contributed by atoms with Crippen LogP contribution < -0.4 is 4.90 Å². The molecule has 0 unspecified atom stereocenters. The van der Waals surface area contributed by atoms with Crippen molar-refractivity contribution < 1.29 is 9.53 Å². The summed E-state index contributed by atoms with van der Waals surface area (Å²) in [5.41, 5.74) is 1.24. The number of hydrogen-bond acceptors (Lipinski definition) is 5. The number of hydrogen-bond donors (Lipinski definition) is 0. The summed E-state index contributed by atoms with van der Waals surface area (Å²) in [7, 11) is 0. The van der Waals surface area contributed by atoms with Crippen molar-refractivity contribution in [3.8, 4) is 0 Å². The number of rotatable bonds is 4. The van der Waals surface area contributed by atoms with Crippen molar-refractivity contribution in [1.82, 2.24) is 9.88 Å². The third-order valence-corrected chi connectivity index (χ3v) is 3.31.